The number of hydrogen-bond donors (Lipinski definition) is 1. The zero-order valence-corrected chi connectivity index (χ0v) is 11.4. The van der Waals surface area contributed by atoms with Crippen LogP contribution in [0.3, 0.4) is 0 Å². The van der Waals surface area contributed by atoms with Gasteiger partial charge in [0.15, 0.2) is 0 Å². The largest absolute Gasteiger partial charge is 0.170 e. The quantitative estimate of drug-likeness (QED) is 0.568. The van der Waals surface area contributed by atoms with Gasteiger partial charge in [-0.3, -0.25) is 0 Å². The van der Waals surface area contributed by atoms with Gasteiger partial charge in [-0.25, -0.2) is 0 Å². The molecule has 3 aromatic rings. The highest BCUT2D eigenvalue weighted by atomic mass is 32.2. The van der Waals surface area contributed by atoms with E-state index in [-0.39, 0.29) is 10.9 Å². The van der Waals surface area contributed by atoms with Crippen molar-refractivity contribution in [2.75, 3.05) is 0 Å². The van der Waals surface area contributed by atoms with Crippen LogP contribution in [-0.4, -0.2) is 0 Å². The SMILES string of the molecule is C1=C[SH](c2cc3ccccc3s2)c2ccccc21. The highest BCUT2D eigenvalue weighted by Gasteiger charge is 2.16. The van der Waals surface area contributed by atoms with Crippen LogP contribution in [-0.2, 0) is 0 Å². The lowest BCUT2D eigenvalue weighted by molar-refractivity contribution is 1.43. The summed E-state index contributed by atoms with van der Waals surface area (Å²) in [5.41, 5.74) is 1.39. The summed E-state index contributed by atoms with van der Waals surface area (Å²) in [4.78, 5) is 1.50. The molecule has 4 rings (SSSR count). The predicted octanol–water partition coefficient (Wildman–Crippen LogP) is 5.30. The molecular weight excluding hydrogens is 256 g/mol. The van der Waals surface area contributed by atoms with E-state index < -0.39 is 0 Å². The van der Waals surface area contributed by atoms with Crippen molar-refractivity contribution in [2.24, 2.45) is 0 Å². The molecular formula is C16H12S2. The molecule has 2 heterocycles. The number of benzene rings is 2. The molecule has 0 fully saturated rings. The third-order valence-corrected chi connectivity index (χ3v) is 7.01. The van der Waals surface area contributed by atoms with Gasteiger partial charge in [-0.05, 0) is 40.6 Å². The van der Waals surface area contributed by atoms with Crippen molar-refractivity contribution in [3.05, 3.63) is 65.6 Å². The fourth-order valence-corrected chi connectivity index (χ4v) is 6.14. The highest BCUT2D eigenvalue weighted by Crippen LogP contribution is 2.55. The predicted molar refractivity (Wildman–Crippen MR) is 82.8 cm³/mol. The summed E-state index contributed by atoms with van der Waals surface area (Å²) in [6, 6.07) is 19.8. The summed E-state index contributed by atoms with van der Waals surface area (Å²) < 4.78 is 2.90. The Morgan fingerprint density at radius 3 is 2.67 bits per heavy atom. The minimum Gasteiger partial charge on any atom is -0.170 e. The van der Waals surface area contributed by atoms with Crippen LogP contribution >= 0.6 is 22.2 Å². The molecule has 0 amide bonds. The van der Waals surface area contributed by atoms with Crippen LogP contribution in [0, 0.1) is 0 Å². The summed E-state index contributed by atoms with van der Waals surface area (Å²) in [6.45, 7) is 0. The van der Waals surface area contributed by atoms with E-state index in [0.29, 0.717) is 0 Å². The molecule has 1 aliphatic rings. The van der Waals surface area contributed by atoms with Crippen molar-refractivity contribution < 1.29 is 0 Å². The summed E-state index contributed by atoms with van der Waals surface area (Å²) in [6.07, 6.45) is 2.27. The molecule has 1 unspecified atom stereocenters. The van der Waals surface area contributed by atoms with Gasteiger partial charge in [0.25, 0.3) is 0 Å². The first-order valence-electron chi connectivity index (χ1n) is 5.97. The minimum absolute atomic E-state index is 0.265. The Morgan fingerprint density at radius 2 is 1.72 bits per heavy atom. The maximum atomic E-state index is 2.38. The molecule has 0 aliphatic carbocycles. The van der Waals surface area contributed by atoms with Gasteiger partial charge >= 0.3 is 0 Å². The molecule has 2 heteroatoms. The maximum absolute atomic E-state index is 2.38. The van der Waals surface area contributed by atoms with E-state index in [0.717, 1.165) is 0 Å². The van der Waals surface area contributed by atoms with Gasteiger partial charge in [0.1, 0.15) is 0 Å². The van der Waals surface area contributed by atoms with E-state index in [1.165, 1.54) is 24.8 Å². The van der Waals surface area contributed by atoms with Crippen molar-refractivity contribution in [3.63, 3.8) is 0 Å². The molecule has 0 nitrogen and oxygen atoms in total. The first kappa shape index (κ1) is 10.4. The topological polar surface area (TPSA) is 0 Å². The van der Waals surface area contributed by atoms with Crippen LogP contribution in [0.5, 0.6) is 0 Å². The van der Waals surface area contributed by atoms with Gasteiger partial charge in [-0.15, -0.1) is 11.3 Å². The Kier molecular flexibility index (Phi) is 2.32. The van der Waals surface area contributed by atoms with Crippen LogP contribution in [0.2, 0.25) is 0 Å². The van der Waals surface area contributed by atoms with E-state index in [1.54, 1.807) is 0 Å². The Bertz CT molecular complexity index is 719. The normalized spacial score (nSPS) is 19.2. The third kappa shape index (κ3) is 1.53. The fourth-order valence-electron chi connectivity index (χ4n) is 2.36. The summed E-state index contributed by atoms with van der Waals surface area (Å²) in [7, 11) is -0.265. The van der Waals surface area contributed by atoms with Crippen molar-refractivity contribution >= 4 is 38.4 Å². The minimum atomic E-state index is -0.265. The van der Waals surface area contributed by atoms with Gasteiger partial charge in [0, 0.05) is 13.8 Å². The lowest BCUT2D eigenvalue weighted by Crippen LogP contribution is -1.77. The van der Waals surface area contributed by atoms with Gasteiger partial charge < -0.3 is 0 Å². The zero-order chi connectivity index (χ0) is 11.9. The molecule has 0 N–H and O–H groups in total. The molecule has 18 heavy (non-hydrogen) atoms. The summed E-state index contributed by atoms with van der Waals surface area (Å²) in [5.74, 6) is 0. The lowest BCUT2D eigenvalue weighted by Gasteiger charge is -2.12. The molecule has 1 aromatic heterocycles. The van der Waals surface area contributed by atoms with E-state index >= 15 is 0 Å². The van der Waals surface area contributed by atoms with Gasteiger partial charge in [-0.1, -0.05) is 36.4 Å². The highest BCUT2D eigenvalue weighted by molar-refractivity contribution is 8.21. The number of rotatable bonds is 1. The van der Waals surface area contributed by atoms with Crippen LogP contribution in [0.4, 0.5) is 0 Å². The molecule has 1 atom stereocenters. The van der Waals surface area contributed by atoms with E-state index in [9.17, 15) is 0 Å². The summed E-state index contributed by atoms with van der Waals surface area (Å²) >= 11 is 1.94. The Balaban J connectivity index is 1.87. The standard InChI is InChI=1S/C16H12S2/c1-3-7-14-13(6-1)11-16(17-14)18-10-9-12-5-2-4-8-15(12)18/h1-11,18H. The lowest BCUT2D eigenvalue weighted by atomic mass is 10.2. The van der Waals surface area contributed by atoms with E-state index in [2.05, 4.69) is 66.1 Å². The van der Waals surface area contributed by atoms with Crippen LogP contribution in [0.15, 0.2) is 69.1 Å². The van der Waals surface area contributed by atoms with Crippen LogP contribution < -0.4 is 0 Å². The van der Waals surface area contributed by atoms with Crippen molar-refractivity contribution in [1.82, 2.24) is 0 Å². The van der Waals surface area contributed by atoms with Crippen molar-refractivity contribution in [2.45, 2.75) is 9.10 Å². The Hall–Kier alpha value is -1.51. The molecule has 0 saturated heterocycles. The average molecular weight is 268 g/mol. The maximum Gasteiger partial charge on any atom is 0.0490 e. The first-order chi connectivity index (χ1) is 8.92. The number of thiol groups is 1. The van der Waals surface area contributed by atoms with Crippen LogP contribution in [0.25, 0.3) is 16.2 Å². The van der Waals surface area contributed by atoms with Gasteiger partial charge in [0.05, 0.1) is 0 Å². The van der Waals surface area contributed by atoms with Crippen molar-refractivity contribution in [3.8, 4) is 0 Å². The molecule has 0 spiro atoms. The molecule has 2 aromatic carbocycles. The first-order valence-corrected chi connectivity index (χ1v) is 8.20. The molecule has 1 aliphatic heterocycles. The van der Waals surface area contributed by atoms with Crippen LogP contribution in [0.1, 0.15) is 5.56 Å². The van der Waals surface area contributed by atoms with Crippen molar-refractivity contribution in [1.29, 1.82) is 0 Å². The monoisotopic (exact) mass is 268 g/mol. The number of fused-ring (bicyclic) bond motifs is 2. The molecule has 0 bridgehead atoms. The van der Waals surface area contributed by atoms with E-state index in [1.807, 2.05) is 11.3 Å². The van der Waals surface area contributed by atoms with Gasteiger partial charge in [0.2, 0.25) is 0 Å². The Morgan fingerprint density at radius 1 is 0.889 bits per heavy atom. The third-order valence-electron chi connectivity index (χ3n) is 3.25. The average Bonchev–Trinajstić information content (AvgIpc) is 3.02. The second-order valence-corrected chi connectivity index (χ2v) is 7.76. The molecule has 88 valence electrons. The second-order valence-electron chi connectivity index (χ2n) is 4.37. The number of hydrogen-bond acceptors (Lipinski definition) is 1. The second kappa shape index (κ2) is 4.01. The number of thiophene rings is 1. The van der Waals surface area contributed by atoms with Gasteiger partial charge in [-0.2, -0.15) is 10.9 Å². The van der Waals surface area contributed by atoms with E-state index in [4.69, 9.17) is 0 Å². The molecule has 0 saturated carbocycles. The Labute approximate surface area is 113 Å². The zero-order valence-electron chi connectivity index (χ0n) is 9.71. The summed E-state index contributed by atoms with van der Waals surface area (Å²) in [5, 5.41) is 3.75. The fraction of sp³-hybridized carbons (Fsp3) is 0. The smallest absolute Gasteiger partial charge is 0.0490 e. The molecule has 0 radical (unpaired) electrons.